The zero-order valence-corrected chi connectivity index (χ0v) is 11.4. The molecule has 1 saturated carbocycles. The fourth-order valence-electron chi connectivity index (χ4n) is 2.50. The Balaban J connectivity index is 1.99. The monoisotopic (exact) mass is 250 g/mol. The second kappa shape index (κ2) is 7.02. The third kappa shape index (κ3) is 4.00. The van der Waals surface area contributed by atoms with Crippen LogP contribution in [-0.4, -0.2) is 22.8 Å². The summed E-state index contributed by atoms with van der Waals surface area (Å²) in [5.41, 5.74) is 0. The lowest BCUT2D eigenvalue weighted by Gasteiger charge is -2.25. The van der Waals surface area contributed by atoms with Crippen molar-refractivity contribution in [1.29, 1.82) is 0 Å². The van der Waals surface area contributed by atoms with Crippen molar-refractivity contribution in [1.82, 2.24) is 10.3 Å². The smallest absolute Gasteiger partial charge is 0.0278 e. The van der Waals surface area contributed by atoms with Crippen LogP contribution < -0.4 is 5.32 Å². The molecule has 0 spiro atoms. The minimum atomic E-state index is 0.681. The van der Waals surface area contributed by atoms with Crippen LogP contribution in [0.2, 0.25) is 0 Å². The van der Waals surface area contributed by atoms with Crippen molar-refractivity contribution in [2.24, 2.45) is 0 Å². The summed E-state index contributed by atoms with van der Waals surface area (Å²) in [5.74, 6) is 0. The zero-order chi connectivity index (χ0) is 11.9. The molecule has 2 unspecified atom stereocenters. The molecular formula is C14H22N2S. The molecule has 0 saturated heterocycles. The lowest BCUT2D eigenvalue weighted by molar-refractivity contribution is 0.482. The van der Waals surface area contributed by atoms with Gasteiger partial charge in [-0.15, -0.1) is 11.8 Å². The molecule has 1 fully saturated rings. The van der Waals surface area contributed by atoms with E-state index in [0.29, 0.717) is 6.04 Å². The second-order valence-electron chi connectivity index (χ2n) is 4.64. The van der Waals surface area contributed by atoms with Crippen LogP contribution in [-0.2, 0) is 0 Å². The quantitative estimate of drug-likeness (QED) is 0.828. The van der Waals surface area contributed by atoms with Crippen LogP contribution in [0.1, 0.15) is 39.0 Å². The predicted molar refractivity (Wildman–Crippen MR) is 74.4 cm³/mol. The van der Waals surface area contributed by atoms with Gasteiger partial charge in [0, 0.05) is 28.6 Å². The van der Waals surface area contributed by atoms with Crippen molar-refractivity contribution >= 4 is 11.8 Å². The molecule has 0 bridgehead atoms. The highest BCUT2D eigenvalue weighted by Gasteiger charge is 2.23. The van der Waals surface area contributed by atoms with Crippen LogP contribution in [0, 0.1) is 0 Å². The molecule has 0 aromatic carbocycles. The molecular weight excluding hydrogens is 228 g/mol. The predicted octanol–water partition coefficient (Wildman–Crippen LogP) is 3.48. The topological polar surface area (TPSA) is 24.9 Å². The van der Waals surface area contributed by atoms with Crippen molar-refractivity contribution in [3.63, 3.8) is 0 Å². The molecule has 0 radical (unpaired) electrons. The fourth-order valence-corrected chi connectivity index (χ4v) is 3.81. The van der Waals surface area contributed by atoms with E-state index in [1.807, 2.05) is 24.2 Å². The lowest BCUT2D eigenvalue weighted by atomic mass is 10.1. The van der Waals surface area contributed by atoms with E-state index in [4.69, 9.17) is 0 Å². The number of pyridine rings is 1. The van der Waals surface area contributed by atoms with E-state index >= 15 is 0 Å². The highest BCUT2D eigenvalue weighted by atomic mass is 32.2. The van der Waals surface area contributed by atoms with Crippen molar-refractivity contribution in [3.05, 3.63) is 24.5 Å². The van der Waals surface area contributed by atoms with E-state index in [1.165, 1.54) is 37.0 Å². The van der Waals surface area contributed by atoms with Crippen LogP contribution in [0.15, 0.2) is 29.4 Å². The first-order valence-corrected chi connectivity index (χ1v) is 7.58. The number of nitrogens with zero attached hydrogens (tertiary/aromatic N) is 1. The maximum Gasteiger partial charge on any atom is 0.0278 e. The standard InChI is InChI=1S/C14H22N2S/c1-2-16-13-6-4-3-5-7-14(13)17-12-8-10-15-11-9-12/h8-11,13-14,16H,2-7H2,1H3. The Morgan fingerprint density at radius 2 is 2.00 bits per heavy atom. The van der Waals surface area contributed by atoms with Crippen LogP contribution >= 0.6 is 11.8 Å². The summed E-state index contributed by atoms with van der Waals surface area (Å²) in [7, 11) is 0. The van der Waals surface area contributed by atoms with E-state index in [-0.39, 0.29) is 0 Å². The first-order chi connectivity index (χ1) is 8.40. The first kappa shape index (κ1) is 12.9. The summed E-state index contributed by atoms with van der Waals surface area (Å²) in [4.78, 5) is 5.44. The Hall–Kier alpha value is -0.540. The van der Waals surface area contributed by atoms with Gasteiger partial charge in [0.2, 0.25) is 0 Å². The Morgan fingerprint density at radius 3 is 2.76 bits per heavy atom. The maximum absolute atomic E-state index is 4.08. The van der Waals surface area contributed by atoms with E-state index in [1.54, 1.807) is 0 Å². The van der Waals surface area contributed by atoms with Gasteiger partial charge >= 0.3 is 0 Å². The molecule has 2 atom stereocenters. The highest BCUT2D eigenvalue weighted by molar-refractivity contribution is 8.00. The Labute approximate surface area is 109 Å². The van der Waals surface area contributed by atoms with Crippen molar-refractivity contribution in [3.8, 4) is 0 Å². The van der Waals surface area contributed by atoms with Crippen LogP contribution in [0.3, 0.4) is 0 Å². The van der Waals surface area contributed by atoms with Gasteiger partial charge < -0.3 is 5.32 Å². The summed E-state index contributed by atoms with van der Waals surface area (Å²) in [5, 5.41) is 4.38. The van der Waals surface area contributed by atoms with Gasteiger partial charge in [0.25, 0.3) is 0 Å². The van der Waals surface area contributed by atoms with Gasteiger partial charge in [0.1, 0.15) is 0 Å². The zero-order valence-electron chi connectivity index (χ0n) is 10.6. The average Bonchev–Trinajstić information content (AvgIpc) is 2.57. The maximum atomic E-state index is 4.08. The second-order valence-corrected chi connectivity index (χ2v) is 5.95. The normalized spacial score (nSPS) is 25.5. The molecule has 17 heavy (non-hydrogen) atoms. The highest BCUT2D eigenvalue weighted by Crippen LogP contribution is 2.32. The Bertz CT molecular complexity index is 315. The van der Waals surface area contributed by atoms with E-state index < -0.39 is 0 Å². The molecule has 1 heterocycles. The van der Waals surface area contributed by atoms with Crippen molar-refractivity contribution < 1.29 is 0 Å². The summed E-state index contributed by atoms with van der Waals surface area (Å²) < 4.78 is 0. The van der Waals surface area contributed by atoms with Gasteiger partial charge in [-0.3, -0.25) is 4.98 Å². The Morgan fingerprint density at radius 1 is 1.24 bits per heavy atom. The molecule has 1 aromatic rings. The molecule has 1 aromatic heterocycles. The van der Waals surface area contributed by atoms with E-state index in [2.05, 4.69) is 29.4 Å². The average molecular weight is 250 g/mol. The first-order valence-electron chi connectivity index (χ1n) is 6.70. The van der Waals surface area contributed by atoms with Gasteiger partial charge in [-0.2, -0.15) is 0 Å². The van der Waals surface area contributed by atoms with Crippen molar-refractivity contribution in [2.45, 2.75) is 55.2 Å². The summed E-state index contributed by atoms with van der Waals surface area (Å²) >= 11 is 2.02. The molecule has 2 nitrogen and oxygen atoms in total. The minimum Gasteiger partial charge on any atom is -0.313 e. The summed E-state index contributed by atoms with van der Waals surface area (Å²) in [6.07, 6.45) is 10.6. The summed E-state index contributed by atoms with van der Waals surface area (Å²) in [6.45, 7) is 3.29. The van der Waals surface area contributed by atoms with Gasteiger partial charge in [-0.25, -0.2) is 0 Å². The van der Waals surface area contributed by atoms with Gasteiger partial charge in [0.15, 0.2) is 0 Å². The molecule has 1 aliphatic carbocycles. The minimum absolute atomic E-state index is 0.681. The summed E-state index contributed by atoms with van der Waals surface area (Å²) in [6, 6.07) is 4.93. The molecule has 94 valence electrons. The number of hydrogen-bond donors (Lipinski definition) is 1. The van der Waals surface area contributed by atoms with Crippen LogP contribution in [0.4, 0.5) is 0 Å². The lowest BCUT2D eigenvalue weighted by Crippen LogP contribution is -2.37. The van der Waals surface area contributed by atoms with E-state index in [0.717, 1.165) is 11.8 Å². The third-order valence-corrected chi connectivity index (χ3v) is 4.77. The number of thioether (sulfide) groups is 1. The third-order valence-electron chi connectivity index (χ3n) is 3.36. The number of rotatable bonds is 4. The molecule has 3 heteroatoms. The fraction of sp³-hybridized carbons (Fsp3) is 0.643. The van der Waals surface area contributed by atoms with Crippen LogP contribution in [0.5, 0.6) is 0 Å². The number of hydrogen-bond acceptors (Lipinski definition) is 3. The SMILES string of the molecule is CCNC1CCCCCC1Sc1ccncc1. The molecule has 1 N–H and O–H groups in total. The Kier molecular flexibility index (Phi) is 5.33. The van der Waals surface area contributed by atoms with Gasteiger partial charge in [-0.1, -0.05) is 26.2 Å². The molecule has 0 aliphatic heterocycles. The van der Waals surface area contributed by atoms with E-state index in [9.17, 15) is 0 Å². The molecule has 2 rings (SSSR count). The van der Waals surface area contributed by atoms with Gasteiger partial charge in [0.05, 0.1) is 0 Å². The van der Waals surface area contributed by atoms with Gasteiger partial charge in [-0.05, 0) is 31.5 Å². The van der Waals surface area contributed by atoms with Crippen molar-refractivity contribution in [2.75, 3.05) is 6.54 Å². The molecule has 1 aliphatic rings. The van der Waals surface area contributed by atoms with Crippen LogP contribution in [0.25, 0.3) is 0 Å². The largest absolute Gasteiger partial charge is 0.313 e. The number of aromatic nitrogens is 1. The molecule has 0 amide bonds. The number of nitrogens with one attached hydrogen (secondary N) is 1.